The van der Waals surface area contributed by atoms with Crippen molar-refractivity contribution < 1.29 is 23.0 Å². The molecule has 0 aliphatic heterocycles. The van der Waals surface area contributed by atoms with E-state index >= 15 is 0 Å². The summed E-state index contributed by atoms with van der Waals surface area (Å²) in [7, 11) is 0. The Kier molecular flexibility index (Phi) is 2.12. The molecule has 0 aromatic heterocycles. The Morgan fingerprint density at radius 2 is 1.78 bits per heavy atom. The Balaban J connectivity index is 3.01. The molecule has 0 saturated carbocycles. The number of phenolic OH excluding ortho intramolecular Hbond substituents is 1. The van der Waals surface area contributed by atoms with Crippen molar-refractivity contribution in [3.05, 3.63) is 29.8 Å². The van der Waals surface area contributed by atoms with Gasteiger partial charge in [0, 0.05) is 0 Å². The molecule has 0 heterocycles. The van der Waals surface area contributed by atoms with Crippen molar-refractivity contribution in [2.45, 2.75) is 0 Å². The van der Waals surface area contributed by atoms with Gasteiger partial charge in [-0.05, 0) is 0 Å². The summed E-state index contributed by atoms with van der Waals surface area (Å²) in [5, 5.41) is 8.83. The van der Waals surface area contributed by atoms with Gasteiger partial charge in [-0.1, -0.05) is 0 Å². The van der Waals surface area contributed by atoms with Crippen LogP contribution in [-0.2, 0) is 17.9 Å². The van der Waals surface area contributed by atoms with Gasteiger partial charge in [0.1, 0.15) is 0 Å². The van der Waals surface area contributed by atoms with Crippen molar-refractivity contribution in [1.82, 2.24) is 0 Å². The van der Waals surface area contributed by atoms with E-state index in [0.29, 0.717) is 5.75 Å². The molecule has 0 spiro atoms. The molecule has 9 heavy (non-hydrogen) atoms. The Bertz CT molecular complexity index is 203. The van der Waals surface area contributed by atoms with Crippen LogP contribution in [0.5, 0.6) is 5.75 Å². The standard InChI is InChI=1S/C7H6O.Rh/c1-6-2-4-7(8)5-3-6;/h1-5,8H;. The number of rotatable bonds is 1. The first-order valence-electron chi connectivity index (χ1n) is 2.53. The van der Waals surface area contributed by atoms with Gasteiger partial charge in [-0.3, -0.25) is 0 Å². The molecule has 1 nitrogen and oxygen atoms in total. The monoisotopic (exact) mass is 209 g/mol. The second kappa shape index (κ2) is 2.88. The van der Waals surface area contributed by atoms with Crippen molar-refractivity contribution in [2.75, 3.05) is 0 Å². The fourth-order valence-corrected chi connectivity index (χ4v) is 0.854. The van der Waals surface area contributed by atoms with Gasteiger partial charge in [-0.2, -0.15) is 0 Å². The number of aromatic hydroxyl groups is 1. The Labute approximate surface area is 63.5 Å². The molecule has 1 rings (SSSR count). The fraction of sp³-hybridized carbons (Fsp3) is 0. The summed E-state index contributed by atoms with van der Waals surface area (Å²) in [6.45, 7) is 0. The Morgan fingerprint density at radius 3 is 2.22 bits per heavy atom. The molecule has 49 valence electrons. The molecular weight excluding hydrogens is 203 g/mol. The normalized spacial score (nSPS) is 9.00. The number of benzene rings is 1. The third-order valence-corrected chi connectivity index (χ3v) is 1.55. The molecule has 1 aromatic carbocycles. The number of hydrogen-bond donors (Lipinski definition) is 1. The van der Waals surface area contributed by atoms with E-state index in [1.807, 2.05) is 16.7 Å². The van der Waals surface area contributed by atoms with Crippen LogP contribution in [0.3, 0.4) is 0 Å². The van der Waals surface area contributed by atoms with Crippen LogP contribution >= 0.6 is 0 Å². The third kappa shape index (κ3) is 1.72. The quantitative estimate of drug-likeness (QED) is 0.686. The summed E-state index contributed by atoms with van der Waals surface area (Å²) in [6, 6.07) is 7.00. The Hall–Kier alpha value is -0.487. The SMILES string of the molecule is Oc1ccc([CH]=[Rh])cc1. The summed E-state index contributed by atoms with van der Waals surface area (Å²) in [6.07, 6.45) is 0. The molecular formula is C7H6ORh. The van der Waals surface area contributed by atoms with Crippen LogP contribution in [0, 0.1) is 0 Å². The minimum absolute atomic E-state index is 0.308. The van der Waals surface area contributed by atoms with Crippen LogP contribution in [0.25, 0.3) is 0 Å². The van der Waals surface area contributed by atoms with Gasteiger partial charge >= 0.3 is 63.1 Å². The van der Waals surface area contributed by atoms with E-state index in [1.165, 1.54) is 0 Å². The van der Waals surface area contributed by atoms with Gasteiger partial charge in [0.15, 0.2) is 0 Å². The fourth-order valence-electron chi connectivity index (χ4n) is 0.538. The van der Waals surface area contributed by atoms with Crippen molar-refractivity contribution in [3.63, 3.8) is 0 Å². The van der Waals surface area contributed by atoms with Crippen LogP contribution in [0.15, 0.2) is 24.3 Å². The Morgan fingerprint density at radius 1 is 1.22 bits per heavy atom. The molecule has 1 N–H and O–H groups in total. The average molecular weight is 209 g/mol. The summed E-state index contributed by atoms with van der Waals surface area (Å²) >= 11 is 2.67. The molecule has 0 aliphatic rings. The first-order chi connectivity index (χ1) is 4.33. The van der Waals surface area contributed by atoms with Gasteiger partial charge in [-0.15, -0.1) is 0 Å². The van der Waals surface area contributed by atoms with Gasteiger partial charge in [0.2, 0.25) is 0 Å². The average Bonchev–Trinajstić information content (AvgIpc) is 1.90. The molecule has 0 atom stereocenters. The minimum atomic E-state index is 0.308. The van der Waals surface area contributed by atoms with E-state index in [9.17, 15) is 0 Å². The zero-order chi connectivity index (χ0) is 6.69. The van der Waals surface area contributed by atoms with E-state index in [1.54, 1.807) is 12.1 Å². The van der Waals surface area contributed by atoms with Crippen molar-refractivity contribution >= 4 is 4.61 Å². The predicted molar refractivity (Wildman–Crippen MR) is 33.3 cm³/mol. The van der Waals surface area contributed by atoms with Gasteiger partial charge < -0.3 is 0 Å². The van der Waals surface area contributed by atoms with Gasteiger partial charge in [0.05, 0.1) is 0 Å². The molecule has 0 unspecified atom stereocenters. The van der Waals surface area contributed by atoms with Crippen LogP contribution < -0.4 is 0 Å². The second-order valence-electron chi connectivity index (χ2n) is 1.69. The van der Waals surface area contributed by atoms with E-state index in [2.05, 4.69) is 17.9 Å². The molecule has 2 heteroatoms. The molecule has 0 radical (unpaired) electrons. The maximum atomic E-state index is 8.83. The molecule has 0 aliphatic carbocycles. The third-order valence-electron chi connectivity index (χ3n) is 1.00. The maximum absolute atomic E-state index is 8.83. The summed E-state index contributed by atoms with van der Waals surface area (Å²) in [5.41, 5.74) is 1.08. The number of phenols is 1. The van der Waals surface area contributed by atoms with E-state index in [0.717, 1.165) is 5.56 Å². The van der Waals surface area contributed by atoms with E-state index < -0.39 is 0 Å². The van der Waals surface area contributed by atoms with Crippen LogP contribution in [-0.4, -0.2) is 9.72 Å². The summed E-state index contributed by atoms with van der Waals surface area (Å²) in [4.78, 5) is 0. The summed E-state index contributed by atoms with van der Waals surface area (Å²) in [5.74, 6) is 0.308. The molecule has 0 amide bonds. The van der Waals surface area contributed by atoms with Crippen LogP contribution in [0.1, 0.15) is 5.56 Å². The topological polar surface area (TPSA) is 20.2 Å². The molecule has 0 bridgehead atoms. The zero-order valence-corrected chi connectivity index (χ0v) is 6.31. The van der Waals surface area contributed by atoms with E-state index in [4.69, 9.17) is 5.11 Å². The van der Waals surface area contributed by atoms with E-state index in [-0.39, 0.29) is 0 Å². The van der Waals surface area contributed by atoms with Crippen molar-refractivity contribution in [3.8, 4) is 5.75 Å². The van der Waals surface area contributed by atoms with Gasteiger partial charge in [-0.25, -0.2) is 0 Å². The predicted octanol–water partition coefficient (Wildman–Crippen LogP) is 1.09. The molecule has 0 saturated heterocycles. The first-order valence-corrected chi connectivity index (χ1v) is 3.47. The first kappa shape index (κ1) is 6.63. The second-order valence-corrected chi connectivity index (χ2v) is 2.16. The number of hydrogen-bond acceptors (Lipinski definition) is 1. The van der Waals surface area contributed by atoms with Crippen molar-refractivity contribution in [1.29, 1.82) is 0 Å². The van der Waals surface area contributed by atoms with Crippen LogP contribution in [0.4, 0.5) is 0 Å². The zero-order valence-electron chi connectivity index (χ0n) is 4.67. The van der Waals surface area contributed by atoms with Gasteiger partial charge in [0.25, 0.3) is 0 Å². The van der Waals surface area contributed by atoms with Crippen LogP contribution in [0.2, 0.25) is 0 Å². The molecule has 0 fully saturated rings. The van der Waals surface area contributed by atoms with Crippen molar-refractivity contribution in [2.24, 2.45) is 0 Å². The molecule has 1 aromatic rings. The summed E-state index contributed by atoms with van der Waals surface area (Å²) < 4.78 is 1.88.